The van der Waals surface area contributed by atoms with Crippen LogP contribution in [0.2, 0.25) is 0 Å². The summed E-state index contributed by atoms with van der Waals surface area (Å²) in [6, 6.07) is 6.96. The van der Waals surface area contributed by atoms with Crippen LogP contribution in [0, 0.1) is 16.9 Å². The van der Waals surface area contributed by atoms with Crippen LogP contribution in [-0.2, 0) is 32.7 Å². The molecule has 1 rings (SSSR count). The first-order chi connectivity index (χ1) is 8.16. The normalized spacial score (nSPS) is 12.9. The summed E-state index contributed by atoms with van der Waals surface area (Å²) in [5, 5.41) is 0. The van der Waals surface area contributed by atoms with Crippen LogP contribution in [0.15, 0.2) is 24.3 Å². The van der Waals surface area contributed by atoms with Crippen LogP contribution in [-0.4, -0.2) is 4.98 Å². The van der Waals surface area contributed by atoms with E-state index in [0.717, 1.165) is 11.4 Å². The van der Waals surface area contributed by atoms with Crippen LogP contribution in [0.3, 0.4) is 0 Å². The van der Waals surface area contributed by atoms with E-state index >= 15 is 0 Å². The Balaban J connectivity index is 0.00000324. The topological polar surface area (TPSA) is 12.9 Å². The SMILES string of the molecule is CC(C)(C)/C=C/c1c[c-]cc(/C=C/C(C)(C)C)n1.[Y]. The van der Waals surface area contributed by atoms with Crippen LogP contribution < -0.4 is 0 Å². The Morgan fingerprint density at radius 1 is 0.842 bits per heavy atom. The van der Waals surface area contributed by atoms with Gasteiger partial charge >= 0.3 is 0 Å². The van der Waals surface area contributed by atoms with Gasteiger partial charge in [-0.15, -0.1) is 0 Å². The maximum absolute atomic E-state index is 4.57. The smallest absolute Gasteiger partial charge is 0 e. The number of pyridine rings is 1. The summed E-state index contributed by atoms with van der Waals surface area (Å²) in [5.41, 5.74) is 2.28. The van der Waals surface area contributed by atoms with Gasteiger partial charge in [-0.25, -0.2) is 0 Å². The Bertz CT molecular complexity index is 406. The molecule has 0 N–H and O–H groups in total. The Kier molecular flexibility index (Phi) is 7.39. The molecule has 1 aromatic rings. The minimum atomic E-state index is 0. The van der Waals surface area contributed by atoms with Crippen LogP contribution in [0.1, 0.15) is 52.9 Å². The van der Waals surface area contributed by atoms with Crippen LogP contribution in [0.5, 0.6) is 0 Å². The fourth-order valence-corrected chi connectivity index (χ4v) is 1.27. The molecular formula is C17H24NY-. The monoisotopic (exact) mass is 331 g/mol. The number of hydrogen-bond donors (Lipinski definition) is 0. The van der Waals surface area contributed by atoms with E-state index < -0.39 is 0 Å². The zero-order valence-electron chi connectivity index (χ0n) is 13.0. The van der Waals surface area contributed by atoms with Gasteiger partial charge in [-0.05, 0) is 10.8 Å². The first-order valence-corrected chi connectivity index (χ1v) is 6.42. The predicted molar refractivity (Wildman–Crippen MR) is 80.1 cm³/mol. The van der Waals surface area contributed by atoms with Gasteiger partial charge in [0.15, 0.2) is 0 Å². The fraction of sp³-hybridized carbons (Fsp3) is 0.471. The number of aromatic nitrogens is 1. The Morgan fingerprint density at radius 2 is 1.21 bits per heavy atom. The van der Waals surface area contributed by atoms with Gasteiger partial charge in [-0.1, -0.05) is 77.2 Å². The molecule has 2 heteroatoms. The van der Waals surface area contributed by atoms with Crippen molar-refractivity contribution in [1.82, 2.24) is 4.98 Å². The molecule has 0 atom stereocenters. The molecule has 0 amide bonds. The van der Waals surface area contributed by atoms with Gasteiger partial charge in [0, 0.05) is 32.7 Å². The quantitative estimate of drug-likeness (QED) is 0.695. The summed E-state index contributed by atoms with van der Waals surface area (Å²) in [6.45, 7) is 13.1. The standard InChI is InChI=1S/C17H24N.Y/c1-16(2,3)12-10-14-8-7-9-15(18-14)11-13-17(4,5)6;/h8-13H,1-6H3;/q-1;/b12-10+,13-11+;. The van der Waals surface area contributed by atoms with Crippen molar-refractivity contribution in [2.24, 2.45) is 10.8 Å². The minimum absolute atomic E-state index is 0. The van der Waals surface area contributed by atoms with Crippen molar-refractivity contribution in [2.75, 3.05) is 0 Å². The molecule has 1 heterocycles. The second-order valence-corrected chi connectivity index (χ2v) is 6.82. The van der Waals surface area contributed by atoms with E-state index in [1.54, 1.807) is 0 Å². The third-order valence-electron chi connectivity index (χ3n) is 2.23. The third kappa shape index (κ3) is 9.29. The molecule has 0 aliphatic heterocycles. The van der Waals surface area contributed by atoms with Gasteiger partial charge in [0.25, 0.3) is 0 Å². The van der Waals surface area contributed by atoms with E-state index in [-0.39, 0.29) is 43.5 Å². The zero-order valence-corrected chi connectivity index (χ0v) is 15.8. The molecular weight excluding hydrogens is 307 g/mol. The van der Waals surface area contributed by atoms with E-state index in [1.165, 1.54) is 0 Å². The molecule has 0 fully saturated rings. The first kappa shape index (κ1) is 18.7. The van der Waals surface area contributed by atoms with E-state index in [1.807, 2.05) is 12.1 Å². The zero-order chi connectivity index (χ0) is 13.8. The minimum Gasteiger partial charge on any atom is -0.376 e. The molecule has 0 aliphatic rings. The number of allylic oxidation sites excluding steroid dienone is 2. The molecule has 0 spiro atoms. The van der Waals surface area contributed by atoms with E-state index in [2.05, 4.69) is 76.9 Å². The summed E-state index contributed by atoms with van der Waals surface area (Å²) in [7, 11) is 0. The number of nitrogens with zero attached hydrogens (tertiary/aromatic N) is 1. The van der Waals surface area contributed by atoms with Crippen molar-refractivity contribution in [2.45, 2.75) is 41.5 Å². The second kappa shape index (κ2) is 7.50. The maximum atomic E-state index is 4.57. The van der Waals surface area contributed by atoms with Crippen LogP contribution in [0.25, 0.3) is 12.2 Å². The molecule has 1 aromatic heterocycles. The second-order valence-electron chi connectivity index (χ2n) is 6.82. The van der Waals surface area contributed by atoms with Crippen LogP contribution in [0.4, 0.5) is 0 Å². The molecule has 0 saturated carbocycles. The number of rotatable bonds is 2. The van der Waals surface area contributed by atoms with Gasteiger partial charge in [-0.3, -0.25) is 0 Å². The summed E-state index contributed by atoms with van der Waals surface area (Å²) >= 11 is 0. The number of hydrogen-bond acceptors (Lipinski definition) is 1. The molecule has 1 nitrogen and oxygen atoms in total. The van der Waals surface area contributed by atoms with Crippen molar-refractivity contribution < 1.29 is 32.7 Å². The molecule has 0 aliphatic carbocycles. The van der Waals surface area contributed by atoms with Crippen molar-refractivity contribution in [3.05, 3.63) is 41.7 Å². The van der Waals surface area contributed by atoms with Gasteiger partial charge in [-0.2, -0.15) is 18.2 Å². The van der Waals surface area contributed by atoms with Gasteiger partial charge in [0.2, 0.25) is 0 Å². The van der Waals surface area contributed by atoms with Gasteiger partial charge < -0.3 is 4.98 Å². The predicted octanol–water partition coefficient (Wildman–Crippen LogP) is 5.00. The summed E-state index contributed by atoms with van der Waals surface area (Å²) in [4.78, 5) is 4.57. The molecule has 101 valence electrons. The summed E-state index contributed by atoms with van der Waals surface area (Å²) < 4.78 is 0. The average molecular weight is 331 g/mol. The molecule has 0 aromatic carbocycles. The Labute approximate surface area is 143 Å². The maximum Gasteiger partial charge on any atom is 0 e. The van der Waals surface area contributed by atoms with Crippen molar-refractivity contribution >= 4 is 12.2 Å². The van der Waals surface area contributed by atoms with Crippen molar-refractivity contribution in [3.8, 4) is 0 Å². The van der Waals surface area contributed by atoms with E-state index in [0.29, 0.717) is 0 Å². The molecule has 0 bridgehead atoms. The molecule has 0 saturated heterocycles. The summed E-state index contributed by atoms with van der Waals surface area (Å²) in [6.07, 6.45) is 8.46. The van der Waals surface area contributed by atoms with Crippen LogP contribution >= 0.6 is 0 Å². The largest absolute Gasteiger partial charge is 0.376 e. The van der Waals surface area contributed by atoms with Gasteiger partial charge in [0.05, 0.1) is 0 Å². The van der Waals surface area contributed by atoms with E-state index in [9.17, 15) is 0 Å². The molecule has 1 radical (unpaired) electrons. The molecule has 0 unspecified atom stereocenters. The van der Waals surface area contributed by atoms with E-state index in [4.69, 9.17) is 0 Å². The van der Waals surface area contributed by atoms with Crippen molar-refractivity contribution in [3.63, 3.8) is 0 Å². The summed E-state index contributed by atoms with van der Waals surface area (Å²) in [5.74, 6) is 0. The molecule has 19 heavy (non-hydrogen) atoms. The fourth-order valence-electron chi connectivity index (χ4n) is 1.27. The van der Waals surface area contributed by atoms with Crippen molar-refractivity contribution in [1.29, 1.82) is 0 Å². The average Bonchev–Trinajstić information content (AvgIpc) is 2.22. The third-order valence-corrected chi connectivity index (χ3v) is 2.23. The van der Waals surface area contributed by atoms with Gasteiger partial charge in [0.1, 0.15) is 0 Å². The first-order valence-electron chi connectivity index (χ1n) is 6.42. The Hall–Kier alpha value is -0.266. The Morgan fingerprint density at radius 3 is 1.53 bits per heavy atom.